The molecule has 1 unspecified atom stereocenters. The summed E-state index contributed by atoms with van der Waals surface area (Å²) in [6, 6.07) is 8.60. The Kier molecular flexibility index (Phi) is 4.79. The van der Waals surface area contributed by atoms with Crippen LogP contribution in [-0.2, 0) is 13.1 Å². The van der Waals surface area contributed by atoms with Crippen LogP contribution in [0.1, 0.15) is 31.0 Å². The Hall–Kier alpha value is -1.81. The largest absolute Gasteiger partial charge is 0.328 e. The van der Waals surface area contributed by atoms with Crippen molar-refractivity contribution in [1.29, 1.82) is 0 Å². The van der Waals surface area contributed by atoms with Crippen LogP contribution in [0.2, 0.25) is 0 Å². The zero-order valence-corrected chi connectivity index (χ0v) is 12.5. The molecule has 0 bridgehead atoms. The molecule has 2 aromatic rings. The van der Waals surface area contributed by atoms with E-state index in [4.69, 9.17) is 0 Å². The first kappa shape index (κ1) is 14.6. The van der Waals surface area contributed by atoms with E-state index in [0.29, 0.717) is 13.1 Å². The molecule has 1 heterocycles. The summed E-state index contributed by atoms with van der Waals surface area (Å²) in [5.74, 6) is 0. The Balaban J connectivity index is 2.25. The third-order valence-electron chi connectivity index (χ3n) is 3.53. The molecule has 4 nitrogen and oxygen atoms in total. The quantitative estimate of drug-likeness (QED) is 0.877. The summed E-state index contributed by atoms with van der Waals surface area (Å²) in [7, 11) is 0. The molecule has 0 saturated carbocycles. The molecular formula is C16H23N3O. The van der Waals surface area contributed by atoms with Gasteiger partial charge in [-0.25, -0.2) is 4.79 Å². The molecule has 0 radical (unpaired) electrons. The highest BCUT2D eigenvalue weighted by Crippen LogP contribution is 2.16. The van der Waals surface area contributed by atoms with E-state index in [1.165, 1.54) is 11.1 Å². The van der Waals surface area contributed by atoms with E-state index < -0.39 is 0 Å². The molecule has 0 aliphatic rings. The van der Waals surface area contributed by atoms with E-state index in [9.17, 15) is 4.79 Å². The second kappa shape index (κ2) is 6.57. The van der Waals surface area contributed by atoms with Crippen molar-refractivity contribution in [2.75, 3.05) is 6.54 Å². The minimum absolute atomic E-state index is 0.0584. The predicted octanol–water partition coefficient (Wildman–Crippen LogP) is 2.33. The SMILES string of the molecule is CCNC(Cn1ccn(CC)c1=O)c1cccc(C)c1. The van der Waals surface area contributed by atoms with Gasteiger partial charge in [0.15, 0.2) is 0 Å². The van der Waals surface area contributed by atoms with Gasteiger partial charge in [0.05, 0.1) is 6.04 Å². The predicted molar refractivity (Wildman–Crippen MR) is 82.0 cm³/mol. The number of benzene rings is 1. The summed E-state index contributed by atoms with van der Waals surface area (Å²) in [4.78, 5) is 12.1. The van der Waals surface area contributed by atoms with Crippen LogP contribution in [-0.4, -0.2) is 15.7 Å². The molecule has 2 rings (SSSR count). The van der Waals surface area contributed by atoms with Crippen LogP contribution in [0.25, 0.3) is 0 Å². The van der Waals surface area contributed by atoms with Crippen LogP contribution in [0.15, 0.2) is 41.5 Å². The lowest BCUT2D eigenvalue weighted by Crippen LogP contribution is -2.31. The van der Waals surface area contributed by atoms with Gasteiger partial charge < -0.3 is 5.32 Å². The maximum absolute atomic E-state index is 12.1. The maximum atomic E-state index is 12.1. The van der Waals surface area contributed by atoms with Gasteiger partial charge in [-0.3, -0.25) is 9.13 Å². The van der Waals surface area contributed by atoms with E-state index in [1.807, 2.05) is 19.3 Å². The smallest absolute Gasteiger partial charge is 0.309 e. The molecule has 4 heteroatoms. The van der Waals surface area contributed by atoms with E-state index >= 15 is 0 Å². The van der Waals surface area contributed by atoms with Crippen LogP contribution < -0.4 is 11.0 Å². The zero-order chi connectivity index (χ0) is 14.5. The molecule has 1 atom stereocenters. The Morgan fingerprint density at radius 1 is 1.20 bits per heavy atom. The fourth-order valence-electron chi connectivity index (χ4n) is 2.45. The molecule has 0 amide bonds. The Bertz CT molecular complexity index is 612. The second-order valence-corrected chi connectivity index (χ2v) is 5.04. The number of aryl methyl sites for hydroxylation is 2. The molecule has 0 aliphatic heterocycles. The van der Waals surface area contributed by atoms with E-state index in [-0.39, 0.29) is 11.7 Å². The first-order valence-electron chi connectivity index (χ1n) is 7.21. The number of rotatable bonds is 6. The van der Waals surface area contributed by atoms with Crippen molar-refractivity contribution in [3.63, 3.8) is 0 Å². The van der Waals surface area contributed by atoms with Gasteiger partial charge in [0.1, 0.15) is 0 Å². The van der Waals surface area contributed by atoms with Crippen LogP contribution in [0.3, 0.4) is 0 Å². The van der Waals surface area contributed by atoms with Gasteiger partial charge in [0.2, 0.25) is 0 Å². The summed E-state index contributed by atoms with van der Waals surface area (Å²) >= 11 is 0. The van der Waals surface area contributed by atoms with Crippen molar-refractivity contribution in [3.8, 4) is 0 Å². The van der Waals surface area contributed by atoms with Gasteiger partial charge in [-0.15, -0.1) is 0 Å². The minimum Gasteiger partial charge on any atom is -0.309 e. The summed E-state index contributed by atoms with van der Waals surface area (Å²) in [6.07, 6.45) is 3.72. The van der Waals surface area contributed by atoms with Crippen molar-refractivity contribution in [2.45, 2.75) is 39.9 Å². The van der Waals surface area contributed by atoms with Crippen LogP contribution in [0.5, 0.6) is 0 Å². The third-order valence-corrected chi connectivity index (χ3v) is 3.53. The van der Waals surface area contributed by atoms with E-state index in [0.717, 1.165) is 6.54 Å². The fraction of sp³-hybridized carbons (Fsp3) is 0.438. The molecule has 1 N–H and O–H groups in total. The van der Waals surface area contributed by atoms with Crippen LogP contribution in [0.4, 0.5) is 0 Å². The summed E-state index contributed by atoms with van der Waals surface area (Å²) in [6.45, 7) is 8.40. The number of aromatic nitrogens is 2. The standard InChI is InChI=1S/C16H23N3O/c1-4-17-15(14-8-6-7-13(3)11-14)12-19-10-9-18(5-2)16(19)20/h6-11,15,17H,4-5,12H2,1-3H3. The van der Waals surface area contributed by atoms with Crippen molar-refractivity contribution >= 4 is 0 Å². The highest BCUT2D eigenvalue weighted by molar-refractivity contribution is 5.25. The third kappa shape index (κ3) is 3.20. The molecule has 0 saturated heterocycles. The number of hydrogen-bond donors (Lipinski definition) is 1. The highest BCUT2D eigenvalue weighted by Gasteiger charge is 2.13. The van der Waals surface area contributed by atoms with Gasteiger partial charge in [-0.05, 0) is 26.0 Å². The van der Waals surface area contributed by atoms with Crippen molar-refractivity contribution in [3.05, 3.63) is 58.3 Å². The Morgan fingerprint density at radius 2 is 1.95 bits per heavy atom. The maximum Gasteiger partial charge on any atom is 0.328 e. The number of nitrogens with zero attached hydrogens (tertiary/aromatic N) is 2. The first-order valence-corrected chi connectivity index (χ1v) is 7.21. The Labute approximate surface area is 120 Å². The molecular weight excluding hydrogens is 250 g/mol. The highest BCUT2D eigenvalue weighted by atomic mass is 16.1. The molecule has 20 heavy (non-hydrogen) atoms. The normalized spacial score (nSPS) is 12.6. The van der Waals surface area contributed by atoms with Gasteiger partial charge in [-0.1, -0.05) is 36.8 Å². The molecule has 0 aliphatic carbocycles. The fourth-order valence-corrected chi connectivity index (χ4v) is 2.45. The topological polar surface area (TPSA) is 39.0 Å². The average Bonchev–Trinajstić information content (AvgIpc) is 2.79. The lowest BCUT2D eigenvalue weighted by atomic mass is 10.0. The number of likely N-dealkylation sites (N-methyl/N-ethyl adjacent to an activating group) is 1. The van der Waals surface area contributed by atoms with Crippen molar-refractivity contribution in [2.24, 2.45) is 0 Å². The monoisotopic (exact) mass is 273 g/mol. The summed E-state index contributed by atoms with van der Waals surface area (Å²) in [5, 5.41) is 3.46. The van der Waals surface area contributed by atoms with E-state index in [2.05, 4.69) is 43.4 Å². The van der Waals surface area contributed by atoms with Crippen LogP contribution in [0, 0.1) is 6.92 Å². The summed E-state index contributed by atoms with van der Waals surface area (Å²) in [5.41, 5.74) is 2.52. The molecule has 0 fully saturated rings. The van der Waals surface area contributed by atoms with E-state index in [1.54, 1.807) is 9.13 Å². The minimum atomic E-state index is 0.0584. The molecule has 0 spiro atoms. The molecule has 1 aromatic carbocycles. The first-order chi connectivity index (χ1) is 9.65. The van der Waals surface area contributed by atoms with Crippen molar-refractivity contribution < 1.29 is 0 Å². The summed E-state index contributed by atoms with van der Waals surface area (Å²) < 4.78 is 3.50. The Morgan fingerprint density at radius 3 is 2.55 bits per heavy atom. The van der Waals surface area contributed by atoms with Gasteiger partial charge in [-0.2, -0.15) is 0 Å². The molecule has 108 valence electrons. The number of nitrogens with one attached hydrogen (secondary N) is 1. The van der Waals surface area contributed by atoms with Crippen LogP contribution >= 0.6 is 0 Å². The van der Waals surface area contributed by atoms with Crippen molar-refractivity contribution in [1.82, 2.24) is 14.5 Å². The second-order valence-electron chi connectivity index (χ2n) is 5.04. The van der Waals surface area contributed by atoms with Gasteiger partial charge in [0, 0.05) is 25.5 Å². The lowest BCUT2D eigenvalue weighted by Gasteiger charge is -2.19. The van der Waals surface area contributed by atoms with Gasteiger partial charge in [0.25, 0.3) is 0 Å². The average molecular weight is 273 g/mol. The lowest BCUT2D eigenvalue weighted by molar-refractivity contribution is 0.462. The molecule has 1 aromatic heterocycles. The number of hydrogen-bond acceptors (Lipinski definition) is 2. The van der Waals surface area contributed by atoms with Gasteiger partial charge >= 0.3 is 5.69 Å². The zero-order valence-electron chi connectivity index (χ0n) is 12.5. The number of imidazole rings is 1.